The third kappa shape index (κ3) is 2.84. The first kappa shape index (κ1) is 14.6. The molecule has 0 amide bonds. The fourth-order valence-electron chi connectivity index (χ4n) is 2.34. The van der Waals surface area contributed by atoms with Crippen molar-refractivity contribution in [2.75, 3.05) is 7.05 Å². The van der Waals surface area contributed by atoms with E-state index in [1.54, 1.807) is 12.1 Å². The summed E-state index contributed by atoms with van der Waals surface area (Å²) in [4.78, 5) is 0. The molecule has 3 aromatic rings. The molecule has 0 aliphatic carbocycles. The molecule has 0 aliphatic heterocycles. The van der Waals surface area contributed by atoms with Crippen LogP contribution in [0.3, 0.4) is 0 Å². The monoisotopic (exact) mass is 367 g/mol. The topological polar surface area (TPSA) is 25.2 Å². The number of rotatable bonds is 3. The van der Waals surface area contributed by atoms with E-state index in [0.29, 0.717) is 9.50 Å². The Kier molecular flexibility index (Phi) is 4.02. The molecule has 1 N–H and O–H groups in total. The maximum Gasteiger partial charge on any atom is 0.137 e. The molecule has 0 fully saturated rings. The van der Waals surface area contributed by atoms with Gasteiger partial charge in [-0.3, -0.25) is 0 Å². The lowest BCUT2D eigenvalue weighted by atomic mass is 10.0. The Bertz CT molecular complexity index is 802. The van der Waals surface area contributed by atoms with Gasteiger partial charge in [0, 0.05) is 10.4 Å². The molecule has 1 atom stereocenters. The minimum atomic E-state index is -0.299. The minimum Gasteiger partial charge on any atom is -0.459 e. The van der Waals surface area contributed by atoms with Crippen LogP contribution in [0.4, 0.5) is 4.39 Å². The van der Waals surface area contributed by atoms with E-state index in [1.807, 2.05) is 31.3 Å². The van der Waals surface area contributed by atoms with Gasteiger partial charge in [-0.1, -0.05) is 17.7 Å². The van der Waals surface area contributed by atoms with Crippen LogP contribution >= 0.6 is 27.5 Å². The molecule has 2 nitrogen and oxygen atoms in total. The summed E-state index contributed by atoms with van der Waals surface area (Å²) in [6, 6.07) is 12.2. The minimum absolute atomic E-state index is 0.223. The van der Waals surface area contributed by atoms with E-state index in [2.05, 4.69) is 21.2 Å². The van der Waals surface area contributed by atoms with E-state index in [-0.39, 0.29) is 11.9 Å². The van der Waals surface area contributed by atoms with Crippen LogP contribution < -0.4 is 5.32 Å². The van der Waals surface area contributed by atoms with Crippen molar-refractivity contribution in [2.45, 2.75) is 6.04 Å². The Balaban J connectivity index is 2.06. The van der Waals surface area contributed by atoms with Crippen LogP contribution in [-0.2, 0) is 0 Å². The molecular formula is C16H12BrClFNO. The lowest BCUT2D eigenvalue weighted by molar-refractivity contribution is 0.489. The van der Waals surface area contributed by atoms with Crippen LogP contribution in [0.1, 0.15) is 17.4 Å². The summed E-state index contributed by atoms with van der Waals surface area (Å²) in [6.07, 6.45) is 0. The Morgan fingerprint density at radius 3 is 2.71 bits per heavy atom. The highest BCUT2D eigenvalue weighted by Crippen LogP contribution is 2.30. The van der Waals surface area contributed by atoms with E-state index >= 15 is 0 Å². The van der Waals surface area contributed by atoms with Crippen molar-refractivity contribution in [1.82, 2.24) is 5.32 Å². The third-order valence-corrected chi connectivity index (χ3v) is 4.23. The zero-order valence-corrected chi connectivity index (χ0v) is 13.5. The highest BCUT2D eigenvalue weighted by Gasteiger charge is 2.18. The molecule has 5 heteroatoms. The molecule has 0 radical (unpaired) electrons. The SMILES string of the molecule is CNC(c1ccc(Br)c(F)c1)c1cc2cc(Cl)ccc2o1. The van der Waals surface area contributed by atoms with Gasteiger partial charge < -0.3 is 9.73 Å². The largest absolute Gasteiger partial charge is 0.459 e. The molecule has 1 aromatic heterocycles. The van der Waals surface area contributed by atoms with Crippen molar-refractivity contribution < 1.29 is 8.81 Å². The zero-order valence-electron chi connectivity index (χ0n) is 11.2. The van der Waals surface area contributed by atoms with E-state index in [1.165, 1.54) is 6.07 Å². The Morgan fingerprint density at radius 1 is 1.19 bits per heavy atom. The Hall–Kier alpha value is -1.36. The van der Waals surface area contributed by atoms with Gasteiger partial charge in [0.15, 0.2) is 0 Å². The van der Waals surface area contributed by atoms with Gasteiger partial charge in [-0.05, 0) is 64.9 Å². The molecule has 0 saturated carbocycles. The predicted octanol–water partition coefficient (Wildman–Crippen LogP) is 5.30. The summed E-state index contributed by atoms with van der Waals surface area (Å²) in [5.74, 6) is 0.420. The smallest absolute Gasteiger partial charge is 0.137 e. The first-order valence-electron chi connectivity index (χ1n) is 6.39. The summed E-state index contributed by atoms with van der Waals surface area (Å²) in [5, 5.41) is 4.73. The maximum absolute atomic E-state index is 13.7. The molecule has 1 heterocycles. The van der Waals surface area contributed by atoms with Crippen LogP contribution in [0, 0.1) is 5.82 Å². The van der Waals surface area contributed by atoms with Crippen molar-refractivity contribution in [3.63, 3.8) is 0 Å². The van der Waals surface area contributed by atoms with Crippen LogP contribution in [-0.4, -0.2) is 7.05 Å². The van der Waals surface area contributed by atoms with Gasteiger partial charge in [0.1, 0.15) is 17.2 Å². The van der Waals surface area contributed by atoms with Gasteiger partial charge in [0.05, 0.1) is 10.5 Å². The van der Waals surface area contributed by atoms with E-state index in [4.69, 9.17) is 16.0 Å². The van der Waals surface area contributed by atoms with Gasteiger partial charge in [0.2, 0.25) is 0 Å². The van der Waals surface area contributed by atoms with Crippen molar-refractivity contribution in [1.29, 1.82) is 0 Å². The molecule has 0 aliphatic rings. The van der Waals surface area contributed by atoms with E-state index < -0.39 is 0 Å². The summed E-state index contributed by atoms with van der Waals surface area (Å²) >= 11 is 9.14. The molecular weight excluding hydrogens is 357 g/mol. The van der Waals surface area contributed by atoms with Crippen LogP contribution in [0.25, 0.3) is 11.0 Å². The second-order valence-electron chi connectivity index (χ2n) is 4.73. The first-order valence-corrected chi connectivity index (χ1v) is 7.57. The number of fused-ring (bicyclic) bond motifs is 1. The highest BCUT2D eigenvalue weighted by molar-refractivity contribution is 9.10. The summed E-state index contributed by atoms with van der Waals surface area (Å²) in [6.45, 7) is 0. The number of furan rings is 1. The molecule has 0 bridgehead atoms. The van der Waals surface area contributed by atoms with Gasteiger partial charge >= 0.3 is 0 Å². The quantitative estimate of drug-likeness (QED) is 0.679. The normalized spacial score (nSPS) is 12.8. The second-order valence-corrected chi connectivity index (χ2v) is 6.02. The zero-order chi connectivity index (χ0) is 15.0. The molecule has 1 unspecified atom stereocenters. The lowest BCUT2D eigenvalue weighted by Crippen LogP contribution is -2.17. The van der Waals surface area contributed by atoms with Crippen LogP contribution in [0.15, 0.2) is 51.4 Å². The number of nitrogens with one attached hydrogen (secondary N) is 1. The third-order valence-electron chi connectivity index (χ3n) is 3.35. The summed E-state index contributed by atoms with van der Waals surface area (Å²) in [5.41, 5.74) is 1.55. The van der Waals surface area contributed by atoms with Gasteiger partial charge in [-0.25, -0.2) is 4.39 Å². The molecule has 0 spiro atoms. The van der Waals surface area contributed by atoms with Gasteiger partial charge in [0.25, 0.3) is 0 Å². The average Bonchev–Trinajstić information content (AvgIpc) is 2.86. The average molecular weight is 369 g/mol. The molecule has 0 saturated heterocycles. The van der Waals surface area contributed by atoms with Gasteiger partial charge in [-0.2, -0.15) is 0 Å². The molecule has 3 rings (SSSR count). The first-order chi connectivity index (χ1) is 10.1. The second kappa shape index (κ2) is 5.79. The standard InChI is InChI=1S/C16H12BrClFNO/c1-20-16(9-2-4-12(17)13(19)7-9)15-8-10-6-11(18)3-5-14(10)21-15/h2-8,16,20H,1H3. The number of halogens is 3. The van der Waals surface area contributed by atoms with Crippen molar-refractivity contribution in [2.24, 2.45) is 0 Å². The molecule has 21 heavy (non-hydrogen) atoms. The number of benzene rings is 2. The fraction of sp³-hybridized carbons (Fsp3) is 0.125. The van der Waals surface area contributed by atoms with E-state index in [9.17, 15) is 4.39 Å². The molecule has 108 valence electrons. The lowest BCUT2D eigenvalue weighted by Gasteiger charge is -2.14. The molecule has 2 aromatic carbocycles. The van der Waals surface area contributed by atoms with E-state index in [0.717, 1.165) is 22.3 Å². The highest BCUT2D eigenvalue weighted by atomic mass is 79.9. The maximum atomic E-state index is 13.7. The van der Waals surface area contributed by atoms with Crippen LogP contribution in [0.2, 0.25) is 5.02 Å². The summed E-state index contributed by atoms with van der Waals surface area (Å²) < 4.78 is 20.0. The summed E-state index contributed by atoms with van der Waals surface area (Å²) in [7, 11) is 1.81. The Morgan fingerprint density at radius 2 is 2.00 bits per heavy atom. The van der Waals surface area contributed by atoms with Crippen molar-refractivity contribution in [3.8, 4) is 0 Å². The Labute approximate surface area is 135 Å². The van der Waals surface area contributed by atoms with Crippen molar-refractivity contribution in [3.05, 3.63) is 69.1 Å². The van der Waals surface area contributed by atoms with Crippen LogP contribution in [0.5, 0.6) is 0 Å². The van der Waals surface area contributed by atoms with Crippen molar-refractivity contribution >= 4 is 38.5 Å². The van der Waals surface area contributed by atoms with Gasteiger partial charge in [-0.15, -0.1) is 0 Å². The number of hydrogen-bond acceptors (Lipinski definition) is 2. The number of hydrogen-bond donors (Lipinski definition) is 1. The fourth-order valence-corrected chi connectivity index (χ4v) is 2.77. The predicted molar refractivity (Wildman–Crippen MR) is 86.2 cm³/mol.